The average molecular weight is 376 g/mol. The van der Waals surface area contributed by atoms with Crippen molar-refractivity contribution in [3.8, 4) is 0 Å². The van der Waals surface area contributed by atoms with Gasteiger partial charge in [-0.25, -0.2) is 8.42 Å². The van der Waals surface area contributed by atoms with Gasteiger partial charge in [0, 0.05) is 24.4 Å². The van der Waals surface area contributed by atoms with Gasteiger partial charge < -0.3 is 10.1 Å². The van der Waals surface area contributed by atoms with Gasteiger partial charge in [-0.3, -0.25) is 9.52 Å². The van der Waals surface area contributed by atoms with E-state index in [1.54, 1.807) is 44.4 Å². The monoisotopic (exact) mass is 376 g/mol. The van der Waals surface area contributed by atoms with Crippen LogP contribution in [0.2, 0.25) is 0 Å². The lowest BCUT2D eigenvalue weighted by atomic mass is 10.1. The molecule has 0 aliphatic heterocycles. The molecule has 2 aromatic rings. The third-order valence-corrected chi connectivity index (χ3v) is 5.33. The summed E-state index contributed by atoms with van der Waals surface area (Å²) in [5.74, 6) is -0.346. The third kappa shape index (κ3) is 5.06. The zero-order valence-electron chi connectivity index (χ0n) is 15.4. The molecule has 2 aromatic carbocycles. The van der Waals surface area contributed by atoms with E-state index in [2.05, 4.69) is 10.0 Å². The molecule has 0 aliphatic carbocycles. The lowest BCUT2D eigenvalue weighted by Crippen LogP contribution is -2.35. The second-order valence-electron chi connectivity index (χ2n) is 6.29. The Bertz CT molecular complexity index is 894. The maximum absolute atomic E-state index is 12.8. The van der Waals surface area contributed by atoms with Gasteiger partial charge in [-0.05, 0) is 56.2 Å². The molecule has 1 atom stereocenters. The number of carbonyl (C=O) groups is 1. The van der Waals surface area contributed by atoms with Crippen LogP contribution in [-0.4, -0.2) is 34.1 Å². The van der Waals surface area contributed by atoms with Crippen molar-refractivity contribution in [2.24, 2.45) is 0 Å². The molecule has 6 nitrogen and oxygen atoms in total. The minimum absolute atomic E-state index is 0.0750. The van der Waals surface area contributed by atoms with E-state index in [9.17, 15) is 13.2 Å². The normalized spacial score (nSPS) is 12.5. The lowest BCUT2D eigenvalue weighted by Gasteiger charge is -2.15. The number of benzene rings is 2. The van der Waals surface area contributed by atoms with Crippen LogP contribution in [0.25, 0.3) is 0 Å². The van der Waals surface area contributed by atoms with Gasteiger partial charge in [0.1, 0.15) is 0 Å². The van der Waals surface area contributed by atoms with Crippen LogP contribution in [0.3, 0.4) is 0 Å². The first-order chi connectivity index (χ1) is 12.2. The average Bonchev–Trinajstić information content (AvgIpc) is 2.54. The summed E-state index contributed by atoms with van der Waals surface area (Å²) in [5.41, 5.74) is 2.27. The Labute approximate surface area is 154 Å². The van der Waals surface area contributed by atoms with E-state index in [0.29, 0.717) is 17.9 Å². The van der Waals surface area contributed by atoms with Crippen LogP contribution in [0.5, 0.6) is 0 Å². The molecule has 0 aromatic heterocycles. The number of nitrogens with one attached hydrogen (secondary N) is 2. The van der Waals surface area contributed by atoms with E-state index < -0.39 is 10.0 Å². The molecular formula is C19H24N2O4S. The minimum atomic E-state index is -3.81. The van der Waals surface area contributed by atoms with E-state index in [-0.39, 0.29) is 22.4 Å². The summed E-state index contributed by atoms with van der Waals surface area (Å²) in [5, 5.41) is 2.77. The Morgan fingerprint density at radius 1 is 1.15 bits per heavy atom. The van der Waals surface area contributed by atoms with Crippen molar-refractivity contribution in [3.63, 3.8) is 0 Å². The maximum Gasteiger partial charge on any atom is 0.262 e. The van der Waals surface area contributed by atoms with Crippen LogP contribution in [0, 0.1) is 13.8 Å². The van der Waals surface area contributed by atoms with Crippen LogP contribution < -0.4 is 10.0 Å². The quantitative estimate of drug-likeness (QED) is 0.778. The SMILES string of the molecule is COC[C@H](C)NC(=O)c1ccc(C)c(S(=O)(=O)Nc2cccc(C)c2)c1. The van der Waals surface area contributed by atoms with E-state index in [1.807, 2.05) is 19.9 Å². The van der Waals surface area contributed by atoms with E-state index in [0.717, 1.165) is 5.56 Å². The van der Waals surface area contributed by atoms with Gasteiger partial charge >= 0.3 is 0 Å². The molecule has 0 heterocycles. The first-order valence-electron chi connectivity index (χ1n) is 8.23. The zero-order chi connectivity index (χ0) is 19.3. The molecule has 0 unspecified atom stereocenters. The summed E-state index contributed by atoms with van der Waals surface area (Å²) in [4.78, 5) is 12.4. The largest absolute Gasteiger partial charge is 0.383 e. The Hall–Kier alpha value is -2.38. The van der Waals surface area contributed by atoms with Crippen molar-refractivity contribution in [2.45, 2.75) is 31.7 Å². The first kappa shape index (κ1) is 19.9. The van der Waals surface area contributed by atoms with Crippen molar-refractivity contribution in [3.05, 3.63) is 59.2 Å². The smallest absolute Gasteiger partial charge is 0.262 e. The molecule has 0 radical (unpaired) electrons. The van der Waals surface area contributed by atoms with Gasteiger partial charge in [0.05, 0.1) is 11.5 Å². The zero-order valence-corrected chi connectivity index (χ0v) is 16.2. The highest BCUT2D eigenvalue weighted by atomic mass is 32.2. The number of hydrogen-bond donors (Lipinski definition) is 2. The second kappa shape index (κ2) is 8.33. The Kier molecular flexibility index (Phi) is 6.39. The van der Waals surface area contributed by atoms with Gasteiger partial charge in [-0.2, -0.15) is 0 Å². The number of rotatable bonds is 7. The Morgan fingerprint density at radius 3 is 2.54 bits per heavy atom. The van der Waals surface area contributed by atoms with Gasteiger partial charge in [0.15, 0.2) is 0 Å². The number of anilines is 1. The third-order valence-electron chi connectivity index (χ3n) is 3.80. The predicted molar refractivity (Wildman–Crippen MR) is 102 cm³/mol. The molecule has 0 fully saturated rings. The Morgan fingerprint density at radius 2 is 1.88 bits per heavy atom. The van der Waals surface area contributed by atoms with Crippen molar-refractivity contribution in [1.29, 1.82) is 0 Å². The molecule has 0 saturated heterocycles. The van der Waals surface area contributed by atoms with Gasteiger partial charge in [-0.1, -0.05) is 18.2 Å². The lowest BCUT2D eigenvalue weighted by molar-refractivity contribution is 0.0905. The van der Waals surface area contributed by atoms with Crippen molar-refractivity contribution in [2.75, 3.05) is 18.4 Å². The van der Waals surface area contributed by atoms with Crippen molar-refractivity contribution < 1.29 is 17.9 Å². The molecule has 26 heavy (non-hydrogen) atoms. The second-order valence-corrected chi connectivity index (χ2v) is 7.94. The fraction of sp³-hybridized carbons (Fsp3) is 0.316. The molecule has 140 valence electrons. The minimum Gasteiger partial charge on any atom is -0.383 e. The predicted octanol–water partition coefficient (Wildman–Crippen LogP) is 2.87. The summed E-state index contributed by atoms with van der Waals surface area (Å²) in [6.45, 7) is 5.76. The molecule has 0 bridgehead atoms. The molecule has 2 rings (SSSR count). The number of aryl methyl sites for hydroxylation is 2. The van der Waals surface area contributed by atoms with Crippen molar-refractivity contribution in [1.82, 2.24) is 5.32 Å². The van der Waals surface area contributed by atoms with Crippen LogP contribution in [0.15, 0.2) is 47.4 Å². The molecule has 0 saturated carbocycles. The molecule has 0 spiro atoms. The topological polar surface area (TPSA) is 84.5 Å². The van der Waals surface area contributed by atoms with Crippen LogP contribution in [0.1, 0.15) is 28.4 Å². The number of ether oxygens (including phenoxy) is 1. The molecule has 2 N–H and O–H groups in total. The highest BCUT2D eigenvalue weighted by Gasteiger charge is 2.20. The summed E-state index contributed by atoms with van der Waals surface area (Å²) >= 11 is 0. The van der Waals surface area contributed by atoms with E-state index in [1.165, 1.54) is 6.07 Å². The van der Waals surface area contributed by atoms with Crippen LogP contribution in [-0.2, 0) is 14.8 Å². The van der Waals surface area contributed by atoms with Crippen LogP contribution >= 0.6 is 0 Å². The highest BCUT2D eigenvalue weighted by Crippen LogP contribution is 2.21. The van der Waals surface area contributed by atoms with E-state index >= 15 is 0 Å². The standard InChI is InChI=1S/C19H24N2O4S/c1-13-6-5-7-17(10-13)21-26(23,24)18-11-16(9-8-14(18)2)19(22)20-15(3)12-25-4/h5-11,15,21H,12H2,1-4H3,(H,20,22)/t15-/m0/s1. The number of amides is 1. The fourth-order valence-corrected chi connectivity index (χ4v) is 3.87. The summed E-state index contributed by atoms with van der Waals surface area (Å²) in [7, 11) is -2.26. The summed E-state index contributed by atoms with van der Waals surface area (Å²) in [6.07, 6.45) is 0. The number of carbonyl (C=O) groups excluding carboxylic acids is 1. The summed E-state index contributed by atoms with van der Waals surface area (Å²) < 4.78 is 33.1. The number of methoxy groups -OCH3 is 1. The maximum atomic E-state index is 12.8. The first-order valence-corrected chi connectivity index (χ1v) is 9.71. The molecule has 0 aliphatic rings. The number of hydrogen-bond acceptors (Lipinski definition) is 4. The Balaban J connectivity index is 2.29. The highest BCUT2D eigenvalue weighted by molar-refractivity contribution is 7.92. The molecule has 7 heteroatoms. The van der Waals surface area contributed by atoms with Gasteiger partial charge in [-0.15, -0.1) is 0 Å². The summed E-state index contributed by atoms with van der Waals surface area (Å²) in [6, 6.07) is 11.5. The molecular weight excluding hydrogens is 352 g/mol. The fourth-order valence-electron chi connectivity index (χ4n) is 2.55. The van der Waals surface area contributed by atoms with Crippen LogP contribution in [0.4, 0.5) is 5.69 Å². The van der Waals surface area contributed by atoms with E-state index in [4.69, 9.17) is 4.74 Å². The van der Waals surface area contributed by atoms with Crippen molar-refractivity contribution >= 4 is 21.6 Å². The molecule has 1 amide bonds. The van der Waals surface area contributed by atoms with Gasteiger partial charge in [0.25, 0.3) is 15.9 Å². The number of sulfonamides is 1. The van der Waals surface area contributed by atoms with Gasteiger partial charge in [0.2, 0.25) is 0 Å².